The van der Waals surface area contributed by atoms with E-state index in [0.717, 1.165) is 56.5 Å². The van der Waals surface area contributed by atoms with Crippen molar-refractivity contribution in [1.29, 1.82) is 0 Å². The molecule has 0 radical (unpaired) electrons. The van der Waals surface area contributed by atoms with E-state index in [1.807, 2.05) is 42.5 Å². The van der Waals surface area contributed by atoms with Crippen LogP contribution in [0.15, 0.2) is 59.7 Å². The normalized spacial score (nSPS) is 15.2. The van der Waals surface area contributed by atoms with Crippen molar-refractivity contribution in [3.63, 3.8) is 0 Å². The van der Waals surface area contributed by atoms with Gasteiger partial charge < -0.3 is 10.1 Å². The standard InChI is InChI=1S/C26H34N4O3/c1-33-23-14-10-11-21(19-23)20-28-29-26(32)24(30-17-8-3-9-18-30)15-6-7-16-27-25(31)22-12-4-2-5-13-22/h2,4-5,10-14,19-20,24H,3,6-9,15-18H2,1H3,(H,27,31)(H,29,32)/b28-20+. The summed E-state index contributed by atoms with van der Waals surface area (Å²) in [6, 6.07) is 16.5. The first-order valence-corrected chi connectivity index (χ1v) is 11.7. The van der Waals surface area contributed by atoms with Crippen molar-refractivity contribution < 1.29 is 14.3 Å². The fourth-order valence-corrected chi connectivity index (χ4v) is 4.03. The van der Waals surface area contributed by atoms with E-state index < -0.39 is 0 Å². The smallest absolute Gasteiger partial charge is 0.257 e. The fraction of sp³-hybridized carbons (Fsp3) is 0.423. The van der Waals surface area contributed by atoms with Crippen molar-refractivity contribution in [1.82, 2.24) is 15.6 Å². The van der Waals surface area contributed by atoms with Crippen molar-refractivity contribution in [2.24, 2.45) is 5.10 Å². The van der Waals surface area contributed by atoms with Crippen LogP contribution < -0.4 is 15.5 Å². The molecule has 1 unspecified atom stereocenters. The number of carbonyl (C=O) groups excluding carboxylic acids is 2. The first-order chi connectivity index (χ1) is 16.2. The fourth-order valence-electron chi connectivity index (χ4n) is 4.03. The molecule has 1 fully saturated rings. The Balaban J connectivity index is 1.48. The number of nitrogens with one attached hydrogen (secondary N) is 2. The number of unbranched alkanes of at least 4 members (excludes halogenated alkanes) is 1. The number of methoxy groups -OCH3 is 1. The topological polar surface area (TPSA) is 83.0 Å². The van der Waals surface area contributed by atoms with Gasteiger partial charge in [0.1, 0.15) is 5.75 Å². The number of piperidine rings is 1. The van der Waals surface area contributed by atoms with Crippen molar-refractivity contribution in [2.75, 3.05) is 26.7 Å². The van der Waals surface area contributed by atoms with Gasteiger partial charge in [-0.15, -0.1) is 0 Å². The van der Waals surface area contributed by atoms with Gasteiger partial charge in [-0.05, 0) is 75.0 Å². The van der Waals surface area contributed by atoms with Gasteiger partial charge in [0.25, 0.3) is 11.8 Å². The van der Waals surface area contributed by atoms with Crippen LogP contribution in [0.4, 0.5) is 0 Å². The molecule has 1 saturated heterocycles. The number of carbonyl (C=O) groups is 2. The second-order valence-electron chi connectivity index (χ2n) is 8.24. The zero-order chi connectivity index (χ0) is 23.3. The van der Waals surface area contributed by atoms with Crippen LogP contribution in [0.3, 0.4) is 0 Å². The van der Waals surface area contributed by atoms with E-state index in [9.17, 15) is 9.59 Å². The lowest BCUT2D eigenvalue weighted by Crippen LogP contribution is -2.47. The SMILES string of the molecule is COc1cccc(/C=N/NC(=O)C(CCCCNC(=O)c2ccccc2)N2CCCCC2)c1. The van der Waals surface area contributed by atoms with E-state index in [-0.39, 0.29) is 17.9 Å². The van der Waals surface area contributed by atoms with E-state index in [2.05, 4.69) is 20.7 Å². The minimum atomic E-state index is -0.211. The van der Waals surface area contributed by atoms with Gasteiger partial charge in [0.2, 0.25) is 0 Å². The maximum atomic E-state index is 13.0. The van der Waals surface area contributed by atoms with Crippen LogP contribution in [-0.2, 0) is 4.79 Å². The summed E-state index contributed by atoms with van der Waals surface area (Å²) < 4.78 is 5.22. The third-order valence-electron chi connectivity index (χ3n) is 5.84. The van der Waals surface area contributed by atoms with Crippen molar-refractivity contribution in [2.45, 2.75) is 44.6 Å². The van der Waals surface area contributed by atoms with E-state index >= 15 is 0 Å². The summed E-state index contributed by atoms with van der Waals surface area (Å²) in [6.07, 6.45) is 7.49. The predicted molar refractivity (Wildman–Crippen MR) is 131 cm³/mol. The van der Waals surface area contributed by atoms with E-state index in [1.165, 1.54) is 6.42 Å². The molecule has 2 N–H and O–H groups in total. The Morgan fingerprint density at radius 2 is 1.85 bits per heavy atom. The highest BCUT2D eigenvalue weighted by molar-refractivity contribution is 5.94. The number of hydrogen-bond acceptors (Lipinski definition) is 5. The van der Waals surface area contributed by atoms with Gasteiger partial charge in [-0.1, -0.05) is 36.8 Å². The molecule has 1 heterocycles. The lowest BCUT2D eigenvalue weighted by Gasteiger charge is -2.33. The van der Waals surface area contributed by atoms with Crippen LogP contribution in [0.2, 0.25) is 0 Å². The molecule has 2 amide bonds. The summed E-state index contributed by atoms with van der Waals surface area (Å²) in [7, 11) is 1.62. The van der Waals surface area contributed by atoms with Gasteiger partial charge in [0, 0.05) is 12.1 Å². The van der Waals surface area contributed by atoms with E-state index in [1.54, 1.807) is 25.5 Å². The number of likely N-dealkylation sites (tertiary alicyclic amines) is 1. The van der Waals surface area contributed by atoms with Crippen LogP contribution in [-0.4, -0.2) is 55.7 Å². The molecule has 7 heteroatoms. The molecular weight excluding hydrogens is 416 g/mol. The molecule has 1 atom stereocenters. The van der Waals surface area contributed by atoms with Gasteiger partial charge in [-0.3, -0.25) is 14.5 Å². The number of nitrogens with zero attached hydrogens (tertiary/aromatic N) is 2. The zero-order valence-corrected chi connectivity index (χ0v) is 19.3. The molecule has 0 aliphatic carbocycles. The second kappa shape index (κ2) is 13.4. The highest BCUT2D eigenvalue weighted by atomic mass is 16.5. The minimum absolute atomic E-state index is 0.0622. The summed E-state index contributed by atoms with van der Waals surface area (Å²) in [5.41, 5.74) is 4.25. The lowest BCUT2D eigenvalue weighted by atomic mass is 10.0. The third kappa shape index (κ3) is 8.02. The summed E-state index contributed by atoms with van der Waals surface area (Å²) in [5.74, 6) is 0.605. The van der Waals surface area contributed by atoms with Crippen LogP contribution >= 0.6 is 0 Å². The molecule has 176 valence electrons. The van der Waals surface area contributed by atoms with Crippen molar-refractivity contribution >= 4 is 18.0 Å². The molecule has 0 bridgehead atoms. The molecule has 2 aromatic rings. The number of rotatable bonds is 11. The quantitative estimate of drug-likeness (QED) is 0.311. The van der Waals surface area contributed by atoms with Crippen molar-refractivity contribution in [3.05, 3.63) is 65.7 Å². The first kappa shape index (κ1) is 24.5. The van der Waals surface area contributed by atoms with Crippen LogP contribution in [0.25, 0.3) is 0 Å². The largest absolute Gasteiger partial charge is 0.497 e. The molecule has 1 aliphatic heterocycles. The number of ether oxygens (including phenoxy) is 1. The van der Waals surface area contributed by atoms with E-state index in [0.29, 0.717) is 12.1 Å². The molecule has 1 aliphatic rings. The average molecular weight is 451 g/mol. The van der Waals surface area contributed by atoms with Gasteiger partial charge in [0.05, 0.1) is 19.4 Å². The highest BCUT2D eigenvalue weighted by Crippen LogP contribution is 2.17. The summed E-state index contributed by atoms with van der Waals surface area (Å²) in [5, 5.41) is 7.13. The van der Waals surface area contributed by atoms with E-state index in [4.69, 9.17) is 4.74 Å². The van der Waals surface area contributed by atoms with Gasteiger partial charge in [-0.25, -0.2) is 5.43 Å². The molecule has 0 aromatic heterocycles. The second-order valence-corrected chi connectivity index (χ2v) is 8.24. The van der Waals surface area contributed by atoms with Crippen LogP contribution in [0, 0.1) is 0 Å². The Morgan fingerprint density at radius 1 is 1.06 bits per heavy atom. The Bertz CT molecular complexity index is 911. The average Bonchev–Trinajstić information content (AvgIpc) is 2.87. The van der Waals surface area contributed by atoms with Gasteiger partial charge in [0.15, 0.2) is 0 Å². The third-order valence-corrected chi connectivity index (χ3v) is 5.84. The van der Waals surface area contributed by atoms with Crippen molar-refractivity contribution in [3.8, 4) is 5.75 Å². The predicted octanol–water partition coefficient (Wildman–Crippen LogP) is 3.60. The molecule has 7 nitrogen and oxygen atoms in total. The lowest BCUT2D eigenvalue weighted by molar-refractivity contribution is -0.127. The Morgan fingerprint density at radius 3 is 2.61 bits per heavy atom. The minimum Gasteiger partial charge on any atom is -0.497 e. The zero-order valence-electron chi connectivity index (χ0n) is 19.3. The number of amides is 2. The van der Waals surface area contributed by atoms with Crippen LogP contribution in [0.5, 0.6) is 5.75 Å². The first-order valence-electron chi connectivity index (χ1n) is 11.7. The Labute approximate surface area is 196 Å². The number of benzene rings is 2. The molecular formula is C26H34N4O3. The van der Waals surface area contributed by atoms with Crippen LogP contribution in [0.1, 0.15) is 54.4 Å². The summed E-state index contributed by atoms with van der Waals surface area (Å²) >= 11 is 0. The monoisotopic (exact) mass is 450 g/mol. The molecule has 0 spiro atoms. The number of hydrogen-bond donors (Lipinski definition) is 2. The van der Waals surface area contributed by atoms with Gasteiger partial charge >= 0.3 is 0 Å². The molecule has 3 rings (SSSR count). The maximum absolute atomic E-state index is 13.0. The highest BCUT2D eigenvalue weighted by Gasteiger charge is 2.26. The van der Waals surface area contributed by atoms with Gasteiger partial charge in [-0.2, -0.15) is 5.10 Å². The summed E-state index contributed by atoms with van der Waals surface area (Å²) in [4.78, 5) is 27.4. The molecule has 33 heavy (non-hydrogen) atoms. The molecule has 2 aromatic carbocycles. The Hall–Kier alpha value is -3.19. The molecule has 0 saturated carbocycles. The maximum Gasteiger partial charge on any atom is 0.257 e. The Kier molecular flexibility index (Phi) is 9.91. The number of hydrazone groups is 1. The summed E-state index contributed by atoms with van der Waals surface area (Å²) in [6.45, 7) is 2.46.